The van der Waals surface area contributed by atoms with Gasteiger partial charge in [0, 0.05) is 18.8 Å². The van der Waals surface area contributed by atoms with Gasteiger partial charge in [0.15, 0.2) is 0 Å². The van der Waals surface area contributed by atoms with E-state index in [1.54, 1.807) is 29.4 Å². The van der Waals surface area contributed by atoms with Crippen molar-refractivity contribution in [3.05, 3.63) is 23.8 Å². The molecule has 1 fully saturated rings. The van der Waals surface area contributed by atoms with Crippen LogP contribution in [0.2, 0.25) is 0 Å². The summed E-state index contributed by atoms with van der Waals surface area (Å²) in [6.45, 7) is 4.99. The smallest absolute Gasteiger partial charge is 0.243 e. The zero-order chi connectivity index (χ0) is 14.0. The van der Waals surface area contributed by atoms with Gasteiger partial charge in [-0.25, -0.2) is 8.42 Å². The van der Waals surface area contributed by atoms with Crippen LogP contribution in [0.3, 0.4) is 0 Å². The summed E-state index contributed by atoms with van der Waals surface area (Å²) < 4.78 is 27.1. The summed E-state index contributed by atoms with van der Waals surface area (Å²) >= 11 is 0. The molecule has 5 heteroatoms. The van der Waals surface area contributed by atoms with E-state index in [4.69, 9.17) is 5.73 Å². The van der Waals surface area contributed by atoms with Crippen LogP contribution in [-0.4, -0.2) is 25.8 Å². The standard InChI is InChI=1S/C14H22N2O2S/c1-3-9-16(10-12-7-8-12)19(17,18)14-6-4-5-13(15)11(14)2/h4-6,12H,3,7-10,15H2,1-2H3. The number of nitrogen functional groups attached to an aromatic ring is 1. The van der Waals surface area contributed by atoms with Crippen LogP contribution < -0.4 is 5.73 Å². The fourth-order valence-corrected chi connectivity index (χ4v) is 4.06. The molecular formula is C14H22N2O2S. The summed E-state index contributed by atoms with van der Waals surface area (Å²) in [7, 11) is -3.42. The molecule has 0 amide bonds. The van der Waals surface area contributed by atoms with E-state index in [1.165, 1.54) is 0 Å². The second-order valence-electron chi connectivity index (χ2n) is 5.28. The number of rotatable bonds is 6. The van der Waals surface area contributed by atoms with Gasteiger partial charge in [0.2, 0.25) is 10.0 Å². The predicted octanol–water partition coefficient (Wildman–Crippen LogP) is 2.39. The van der Waals surface area contributed by atoms with Gasteiger partial charge in [-0.3, -0.25) is 0 Å². The average Bonchev–Trinajstić information content (AvgIpc) is 3.16. The van der Waals surface area contributed by atoms with Gasteiger partial charge in [0.25, 0.3) is 0 Å². The third-order valence-electron chi connectivity index (χ3n) is 3.58. The first-order valence-electron chi connectivity index (χ1n) is 6.82. The molecule has 1 aromatic rings. The van der Waals surface area contributed by atoms with Gasteiger partial charge in [0.05, 0.1) is 4.90 Å². The van der Waals surface area contributed by atoms with E-state index in [9.17, 15) is 8.42 Å². The van der Waals surface area contributed by atoms with E-state index in [2.05, 4.69) is 0 Å². The van der Waals surface area contributed by atoms with Gasteiger partial charge in [0.1, 0.15) is 0 Å². The van der Waals surface area contributed by atoms with Gasteiger partial charge in [-0.1, -0.05) is 13.0 Å². The van der Waals surface area contributed by atoms with Crippen molar-refractivity contribution in [3.8, 4) is 0 Å². The summed E-state index contributed by atoms with van der Waals surface area (Å²) in [5.41, 5.74) is 7.01. The largest absolute Gasteiger partial charge is 0.398 e. The topological polar surface area (TPSA) is 63.4 Å². The first kappa shape index (κ1) is 14.3. The summed E-state index contributed by atoms with van der Waals surface area (Å²) in [6.07, 6.45) is 3.12. The van der Waals surface area contributed by atoms with Gasteiger partial charge in [-0.2, -0.15) is 4.31 Å². The zero-order valence-corrected chi connectivity index (χ0v) is 12.4. The monoisotopic (exact) mass is 282 g/mol. The van der Waals surface area contributed by atoms with E-state index in [0.29, 0.717) is 35.2 Å². The van der Waals surface area contributed by atoms with Crippen molar-refractivity contribution >= 4 is 15.7 Å². The minimum atomic E-state index is -3.42. The van der Waals surface area contributed by atoms with Crippen molar-refractivity contribution in [2.45, 2.75) is 38.0 Å². The summed E-state index contributed by atoms with van der Waals surface area (Å²) in [6, 6.07) is 5.09. The number of hydrogen-bond acceptors (Lipinski definition) is 3. The molecule has 0 aliphatic heterocycles. The fraction of sp³-hybridized carbons (Fsp3) is 0.571. The molecule has 0 atom stereocenters. The van der Waals surface area contributed by atoms with Crippen LogP contribution in [0.1, 0.15) is 31.7 Å². The molecule has 1 aliphatic carbocycles. The SMILES string of the molecule is CCCN(CC1CC1)S(=O)(=O)c1cccc(N)c1C. The molecule has 0 radical (unpaired) electrons. The summed E-state index contributed by atoms with van der Waals surface area (Å²) in [5, 5.41) is 0. The Hall–Kier alpha value is -1.07. The molecule has 2 N–H and O–H groups in total. The lowest BCUT2D eigenvalue weighted by atomic mass is 10.2. The molecule has 0 heterocycles. The lowest BCUT2D eigenvalue weighted by Crippen LogP contribution is -2.34. The molecule has 0 unspecified atom stereocenters. The summed E-state index contributed by atoms with van der Waals surface area (Å²) in [4.78, 5) is 0.349. The molecular weight excluding hydrogens is 260 g/mol. The van der Waals surface area contributed by atoms with Crippen molar-refractivity contribution in [2.24, 2.45) is 5.92 Å². The number of benzene rings is 1. The number of hydrogen-bond donors (Lipinski definition) is 1. The predicted molar refractivity (Wildman–Crippen MR) is 77.4 cm³/mol. The fourth-order valence-electron chi connectivity index (χ4n) is 2.20. The van der Waals surface area contributed by atoms with Crippen molar-refractivity contribution in [2.75, 3.05) is 18.8 Å². The Morgan fingerprint density at radius 2 is 2.05 bits per heavy atom. The first-order valence-corrected chi connectivity index (χ1v) is 8.26. The Kier molecular flexibility index (Phi) is 4.16. The van der Waals surface area contributed by atoms with Gasteiger partial charge < -0.3 is 5.73 Å². The van der Waals surface area contributed by atoms with Crippen molar-refractivity contribution < 1.29 is 8.42 Å². The van der Waals surface area contributed by atoms with Crippen LogP contribution in [0, 0.1) is 12.8 Å². The molecule has 2 rings (SSSR count). The highest BCUT2D eigenvalue weighted by atomic mass is 32.2. The van der Waals surface area contributed by atoms with Gasteiger partial charge >= 0.3 is 0 Å². The normalized spacial score (nSPS) is 15.9. The van der Waals surface area contributed by atoms with Crippen molar-refractivity contribution in [1.82, 2.24) is 4.31 Å². The Bertz CT molecular complexity index is 551. The second-order valence-corrected chi connectivity index (χ2v) is 7.18. The quantitative estimate of drug-likeness (QED) is 0.815. The highest BCUT2D eigenvalue weighted by molar-refractivity contribution is 7.89. The first-order chi connectivity index (χ1) is 8.96. The van der Waals surface area contributed by atoms with E-state index < -0.39 is 10.0 Å². The zero-order valence-electron chi connectivity index (χ0n) is 11.6. The van der Waals surface area contributed by atoms with Gasteiger partial charge in [-0.15, -0.1) is 0 Å². The van der Waals surface area contributed by atoms with E-state index in [1.807, 2.05) is 6.92 Å². The highest BCUT2D eigenvalue weighted by Crippen LogP contribution is 2.32. The van der Waals surface area contributed by atoms with E-state index in [0.717, 1.165) is 19.3 Å². The molecule has 19 heavy (non-hydrogen) atoms. The van der Waals surface area contributed by atoms with Crippen LogP contribution in [0.15, 0.2) is 23.1 Å². The van der Waals surface area contributed by atoms with Gasteiger partial charge in [-0.05, 0) is 49.8 Å². The molecule has 0 saturated heterocycles. The van der Waals surface area contributed by atoms with Crippen molar-refractivity contribution in [1.29, 1.82) is 0 Å². The number of anilines is 1. The Morgan fingerprint density at radius 1 is 1.37 bits per heavy atom. The average molecular weight is 282 g/mol. The molecule has 4 nitrogen and oxygen atoms in total. The Labute approximate surface area is 115 Å². The molecule has 1 aromatic carbocycles. The third kappa shape index (κ3) is 3.09. The Morgan fingerprint density at radius 3 is 2.63 bits per heavy atom. The minimum absolute atomic E-state index is 0.349. The lowest BCUT2D eigenvalue weighted by Gasteiger charge is -2.22. The molecule has 0 spiro atoms. The minimum Gasteiger partial charge on any atom is -0.398 e. The van der Waals surface area contributed by atoms with Crippen LogP contribution in [0.5, 0.6) is 0 Å². The maximum atomic E-state index is 12.7. The molecule has 0 aromatic heterocycles. The molecule has 1 aliphatic rings. The van der Waals surface area contributed by atoms with Crippen LogP contribution in [0.4, 0.5) is 5.69 Å². The molecule has 0 bridgehead atoms. The third-order valence-corrected chi connectivity index (χ3v) is 5.59. The van der Waals surface area contributed by atoms with Crippen molar-refractivity contribution in [3.63, 3.8) is 0 Å². The second kappa shape index (κ2) is 5.51. The number of nitrogens with zero attached hydrogens (tertiary/aromatic N) is 1. The van der Waals surface area contributed by atoms with E-state index >= 15 is 0 Å². The van der Waals surface area contributed by atoms with Crippen LogP contribution >= 0.6 is 0 Å². The number of nitrogens with two attached hydrogens (primary N) is 1. The highest BCUT2D eigenvalue weighted by Gasteiger charge is 2.32. The van der Waals surface area contributed by atoms with Crippen LogP contribution in [0.25, 0.3) is 0 Å². The molecule has 1 saturated carbocycles. The molecule has 106 valence electrons. The number of sulfonamides is 1. The summed E-state index contributed by atoms with van der Waals surface area (Å²) in [5.74, 6) is 0.544. The maximum absolute atomic E-state index is 12.7. The maximum Gasteiger partial charge on any atom is 0.243 e. The van der Waals surface area contributed by atoms with Crippen LogP contribution in [-0.2, 0) is 10.0 Å². The Balaban J connectivity index is 2.34. The van der Waals surface area contributed by atoms with E-state index in [-0.39, 0.29) is 0 Å². The lowest BCUT2D eigenvalue weighted by molar-refractivity contribution is 0.395.